The molecule has 0 radical (unpaired) electrons. The van der Waals surface area contributed by atoms with E-state index < -0.39 is 5.76 Å². The van der Waals surface area contributed by atoms with Crippen LogP contribution in [-0.2, 0) is 24.2 Å². The number of nitrogens with one attached hydrogen (secondary N) is 1. The Morgan fingerprint density at radius 2 is 1.77 bits per heavy atom. The molecule has 2 aromatic heterocycles. The number of carbonyl (C=O) groups is 1. The summed E-state index contributed by atoms with van der Waals surface area (Å²) in [6.45, 7) is 9.04. The number of rotatable bonds is 11. The van der Waals surface area contributed by atoms with Crippen LogP contribution in [0.5, 0.6) is 0 Å². The Hall–Kier alpha value is -4.27. The summed E-state index contributed by atoms with van der Waals surface area (Å²) in [7, 11) is 1.78. The van der Waals surface area contributed by atoms with Crippen LogP contribution >= 0.6 is 0 Å². The number of H-pyrrole nitrogens is 1. The molecule has 0 aliphatic rings. The van der Waals surface area contributed by atoms with E-state index in [9.17, 15) is 14.4 Å². The summed E-state index contributed by atoms with van der Waals surface area (Å²) in [4.78, 5) is 47.2. The van der Waals surface area contributed by atoms with E-state index in [1.165, 1.54) is 0 Å². The van der Waals surface area contributed by atoms with Crippen LogP contribution < -0.4 is 11.3 Å². The SMILES string of the molecule is CCCCc1nc(C)c(CC(=O)N(C)CC(C)C)c(=O)n1Cc1ccc(-c2ccccc2-c2noc(=O)[nH]2)cc1. The van der Waals surface area contributed by atoms with Crippen LogP contribution in [0, 0.1) is 12.8 Å². The van der Waals surface area contributed by atoms with Gasteiger partial charge >= 0.3 is 5.76 Å². The van der Waals surface area contributed by atoms with Gasteiger partial charge in [0.05, 0.1) is 13.0 Å². The molecule has 4 aromatic rings. The van der Waals surface area contributed by atoms with Gasteiger partial charge in [-0.1, -0.05) is 80.9 Å². The fourth-order valence-corrected chi connectivity index (χ4v) is 4.84. The third-order valence-electron chi connectivity index (χ3n) is 6.92. The Morgan fingerprint density at radius 1 is 1.07 bits per heavy atom. The molecule has 2 aromatic carbocycles. The Kier molecular flexibility index (Phi) is 9.14. The van der Waals surface area contributed by atoms with E-state index in [4.69, 9.17) is 9.51 Å². The molecule has 4 rings (SSSR count). The summed E-state index contributed by atoms with van der Waals surface area (Å²) in [5, 5.41) is 3.83. The first-order valence-electron chi connectivity index (χ1n) is 13.8. The second-order valence-electron chi connectivity index (χ2n) is 10.6. The van der Waals surface area contributed by atoms with Crippen LogP contribution in [0.3, 0.4) is 0 Å². The Balaban J connectivity index is 1.65. The zero-order valence-corrected chi connectivity index (χ0v) is 23.9. The van der Waals surface area contributed by atoms with E-state index in [-0.39, 0.29) is 17.9 Å². The van der Waals surface area contributed by atoms with Crippen molar-refractivity contribution in [3.63, 3.8) is 0 Å². The number of aryl methyl sites for hydroxylation is 2. The van der Waals surface area contributed by atoms with Crippen LogP contribution in [0.2, 0.25) is 0 Å². The highest BCUT2D eigenvalue weighted by atomic mass is 16.5. The molecule has 1 amide bonds. The molecule has 0 saturated carbocycles. The summed E-state index contributed by atoms with van der Waals surface area (Å²) >= 11 is 0. The van der Waals surface area contributed by atoms with E-state index in [0.29, 0.717) is 42.5 Å². The normalized spacial score (nSPS) is 11.2. The molecule has 210 valence electrons. The van der Waals surface area contributed by atoms with Crippen molar-refractivity contribution in [3.8, 4) is 22.5 Å². The number of aromatic nitrogens is 4. The molecule has 1 N–H and O–H groups in total. The zero-order chi connectivity index (χ0) is 28.8. The molecule has 0 aliphatic carbocycles. The van der Waals surface area contributed by atoms with Crippen molar-refractivity contribution < 1.29 is 9.32 Å². The van der Waals surface area contributed by atoms with Gasteiger partial charge in [-0.2, -0.15) is 0 Å². The molecule has 0 atom stereocenters. The maximum absolute atomic E-state index is 13.8. The minimum atomic E-state index is -0.608. The smallest absolute Gasteiger partial charge is 0.345 e. The minimum absolute atomic E-state index is 0.0365. The average molecular weight is 544 g/mol. The molecule has 0 aliphatic heterocycles. The topological polar surface area (TPSA) is 114 Å². The lowest BCUT2D eigenvalue weighted by molar-refractivity contribution is -0.129. The Bertz CT molecular complexity index is 1580. The number of benzene rings is 2. The van der Waals surface area contributed by atoms with Gasteiger partial charge in [-0.3, -0.25) is 23.7 Å². The van der Waals surface area contributed by atoms with Gasteiger partial charge in [0.2, 0.25) is 5.91 Å². The lowest BCUT2D eigenvalue weighted by Crippen LogP contribution is -2.36. The third-order valence-corrected chi connectivity index (χ3v) is 6.92. The Morgan fingerprint density at radius 3 is 2.40 bits per heavy atom. The predicted octanol–water partition coefficient (Wildman–Crippen LogP) is 4.61. The van der Waals surface area contributed by atoms with E-state index in [2.05, 4.69) is 30.9 Å². The molecule has 9 nitrogen and oxygen atoms in total. The number of hydrogen-bond acceptors (Lipinski definition) is 6. The average Bonchev–Trinajstić information content (AvgIpc) is 3.37. The molecule has 2 heterocycles. The molecule has 9 heteroatoms. The molecule has 0 unspecified atom stereocenters. The van der Waals surface area contributed by atoms with Gasteiger partial charge in [0, 0.05) is 36.8 Å². The second kappa shape index (κ2) is 12.7. The summed E-state index contributed by atoms with van der Waals surface area (Å²) in [5.41, 5.74) is 4.43. The lowest BCUT2D eigenvalue weighted by atomic mass is 9.98. The standard InChI is InChI=1S/C31H37N5O4/c1-6-7-12-27-32-21(4)26(17-28(37)35(5)18-20(2)3)30(38)36(27)19-22-13-15-23(16-14-22)24-10-8-9-11-25(24)29-33-31(39)40-34-29/h8-11,13-16,20H,6-7,12,17-19H2,1-5H3,(H,33,34,39). The molecular weight excluding hydrogens is 506 g/mol. The van der Waals surface area contributed by atoms with Crippen LogP contribution in [0.1, 0.15) is 56.3 Å². The van der Waals surface area contributed by atoms with Gasteiger partial charge in [-0.05, 0) is 36.0 Å². The van der Waals surface area contributed by atoms with Gasteiger partial charge in [0.25, 0.3) is 5.56 Å². The molecule has 0 spiro atoms. The van der Waals surface area contributed by atoms with E-state index >= 15 is 0 Å². The van der Waals surface area contributed by atoms with Gasteiger partial charge in [0.1, 0.15) is 5.82 Å². The molecule has 40 heavy (non-hydrogen) atoms. The summed E-state index contributed by atoms with van der Waals surface area (Å²) in [6.07, 6.45) is 2.63. The zero-order valence-electron chi connectivity index (χ0n) is 23.9. The molecule has 0 fully saturated rings. The van der Waals surface area contributed by atoms with Crippen molar-refractivity contribution in [2.75, 3.05) is 13.6 Å². The van der Waals surface area contributed by atoms with Crippen molar-refractivity contribution in [2.45, 2.75) is 59.9 Å². The quantitative estimate of drug-likeness (QED) is 0.296. The van der Waals surface area contributed by atoms with E-state index in [1.54, 1.807) is 16.5 Å². The second-order valence-corrected chi connectivity index (χ2v) is 10.6. The number of likely N-dealkylation sites (N-methyl/N-ethyl adjacent to an activating group) is 1. The van der Waals surface area contributed by atoms with Crippen molar-refractivity contribution in [1.29, 1.82) is 0 Å². The number of hydrogen-bond donors (Lipinski definition) is 1. The first kappa shape index (κ1) is 28.7. The van der Waals surface area contributed by atoms with Crippen molar-refractivity contribution >= 4 is 5.91 Å². The maximum atomic E-state index is 13.8. The monoisotopic (exact) mass is 543 g/mol. The van der Waals surface area contributed by atoms with Crippen molar-refractivity contribution in [2.24, 2.45) is 5.92 Å². The van der Waals surface area contributed by atoms with E-state index in [1.807, 2.05) is 55.5 Å². The van der Waals surface area contributed by atoms with Gasteiger partial charge < -0.3 is 4.90 Å². The van der Waals surface area contributed by atoms with Gasteiger partial charge in [-0.25, -0.2) is 9.78 Å². The highest BCUT2D eigenvalue weighted by molar-refractivity contribution is 5.80. The summed E-state index contributed by atoms with van der Waals surface area (Å²) < 4.78 is 6.41. The first-order chi connectivity index (χ1) is 19.2. The molecule has 0 bridgehead atoms. The van der Waals surface area contributed by atoms with Gasteiger partial charge in [-0.15, -0.1) is 0 Å². The van der Waals surface area contributed by atoms with Crippen molar-refractivity contribution in [1.82, 2.24) is 24.6 Å². The van der Waals surface area contributed by atoms with Crippen LogP contribution in [-0.4, -0.2) is 44.1 Å². The highest BCUT2D eigenvalue weighted by Gasteiger charge is 2.20. The summed E-state index contributed by atoms with van der Waals surface area (Å²) in [5.74, 6) is 0.752. The summed E-state index contributed by atoms with van der Waals surface area (Å²) in [6, 6.07) is 15.5. The fraction of sp³-hybridized carbons (Fsp3) is 0.387. The Labute approximate surface area is 233 Å². The van der Waals surface area contributed by atoms with Crippen LogP contribution in [0.4, 0.5) is 0 Å². The van der Waals surface area contributed by atoms with Crippen molar-refractivity contribution in [3.05, 3.63) is 92.1 Å². The fourth-order valence-electron chi connectivity index (χ4n) is 4.84. The third kappa shape index (κ3) is 6.65. The number of unbranched alkanes of at least 4 members (excludes halogenated alkanes) is 1. The minimum Gasteiger partial charge on any atom is -0.345 e. The van der Waals surface area contributed by atoms with Crippen LogP contribution in [0.25, 0.3) is 22.5 Å². The number of nitrogens with zero attached hydrogens (tertiary/aromatic N) is 4. The number of amides is 1. The van der Waals surface area contributed by atoms with Gasteiger partial charge in [0.15, 0.2) is 5.82 Å². The molecular formula is C31H37N5O4. The maximum Gasteiger partial charge on any atom is 0.439 e. The van der Waals surface area contributed by atoms with Crippen LogP contribution in [0.15, 0.2) is 62.6 Å². The first-order valence-corrected chi connectivity index (χ1v) is 13.8. The predicted molar refractivity (Wildman–Crippen MR) is 155 cm³/mol. The lowest BCUT2D eigenvalue weighted by Gasteiger charge is -2.21. The highest BCUT2D eigenvalue weighted by Crippen LogP contribution is 2.30. The number of carbonyl (C=O) groups excluding carboxylic acids is 1. The largest absolute Gasteiger partial charge is 0.439 e. The molecule has 0 saturated heterocycles. The number of aromatic amines is 1. The van der Waals surface area contributed by atoms with E-state index in [0.717, 1.165) is 40.9 Å².